The third-order valence-corrected chi connectivity index (χ3v) is 6.51. The first kappa shape index (κ1) is 24.3. The van der Waals surface area contributed by atoms with E-state index in [0.29, 0.717) is 12.4 Å². The van der Waals surface area contributed by atoms with Gasteiger partial charge < -0.3 is 9.88 Å². The van der Waals surface area contributed by atoms with E-state index in [4.69, 9.17) is 0 Å². The largest absolute Gasteiger partial charge is 0.338 e. The molecule has 7 aromatic rings. The highest BCUT2D eigenvalue weighted by atomic mass is 35.5. The first-order chi connectivity index (χ1) is 18.8. The SMILES string of the molecule is Cl.c1ccc(-c2nnc(Nc3ccc4c(c3)ncn4Cc3cn(-c4ccccc4)nn3)c3ccccc23)cc1. The van der Waals surface area contributed by atoms with Gasteiger partial charge in [-0.1, -0.05) is 78.0 Å². The lowest BCUT2D eigenvalue weighted by Gasteiger charge is -2.11. The lowest BCUT2D eigenvalue weighted by Crippen LogP contribution is -2.00. The Labute approximate surface area is 230 Å². The Hall–Kier alpha value is -5.08. The van der Waals surface area contributed by atoms with Crippen LogP contribution in [0, 0.1) is 0 Å². The van der Waals surface area contributed by atoms with Crippen LogP contribution in [0.25, 0.3) is 38.8 Å². The number of hydrogen-bond acceptors (Lipinski definition) is 6. The third kappa shape index (κ3) is 4.69. The monoisotopic (exact) mass is 530 g/mol. The van der Waals surface area contributed by atoms with E-state index in [1.54, 1.807) is 4.68 Å². The van der Waals surface area contributed by atoms with Crippen LogP contribution in [0.1, 0.15) is 5.69 Å². The summed E-state index contributed by atoms with van der Waals surface area (Å²) in [6, 6.07) is 34.4. The van der Waals surface area contributed by atoms with Crippen molar-refractivity contribution in [2.24, 2.45) is 0 Å². The fourth-order valence-corrected chi connectivity index (χ4v) is 4.66. The highest BCUT2D eigenvalue weighted by Crippen LogP contribution is 2.31. The van der Waals surface area contributed by atoms with E-state index in [9.17, 15) is 0 Å². The molecule has 39 heavy (non-hydrogen) atoms. The van der Waals surface area contributed by atoms with Crippen LogP contribution in [0.3, 0.4) is 0 Å². The van der Waals surface area contributed by atoms with Crippen molar-refractivity contribution in [1.29, 1.82) is 0 Å². The molecular formula is C30H23ClN8. The van der Waals surface area contributed by atoms with Crippen LogP contribution in [-0.2, 0) is 6.54 Å². The highest BCUT2D eigenvalue weighted by molar-refractivity contribution is 6.01. The molecule has 0 fully saturated rings. The van der Waals surface area contributed by atoms with Crippen molar-refractivity contribution in [2.75, 3.05) is 5.32 Å². The number of halogens is 1. The minimum absolute atomic E-state index is 0. The van der Waals surface area contributed by atoms with Crippen LogP contribution in [0.15, 0.2) is 116 Å². The van der Waals surface area contributed by atoms with Gasteiger partial charge in [-0.25, -0.2) is 9.67 Å². The van der Waals surface area contributed by atoms with Gasteiger partial charge in [-0.05, 0) is 30.3 Å². The molecule has 190 valence electrons. The van der Waals surface area contributed by atoms with Gasteiger partial charge in [0.15, 0.2) is 5.82 Å². The Balaban J connectivity index is 0.00000277. The van der Waals surface area contributed by atoms with E-state index in [2.05, 4.69) is 65.7 Å². The third-order valence-electron chi connectivity index (χ3n) is 6.51. The summed E-state index contributed by atoms with van der Waals surface area (Å²) in [6.45, 7) is 0.577. The smallest absolute Gasteiger partial charge is 0.161 e. The number of nitrogens with one attached hydrogen (secondary N) is 1. The van der Waals surface area contributed by atoms with Crippen LogP contribution in [0.4, 0.5) is 11.5 Å². The Morgan fingerprint density at radius 1 is 0.718 bits per heavy atom. The number of aromatic nitrogens is 7. The Bertz CT molecular complexity index is 1880. The fourth-order valence-electron chi connectivity index (χ4n) is 4.66. The highest BCUT2D eigenvalue weighted by Gasteiger charge is 2.12. The summed E-state index contributed by atoms with van der Waals surface area (Å²) < 4.78 is 3.85. The maximum atomic E-state index is 4.63. The standard InChI is InChI=1S/C30H22N8.ClH/c1-3-9-21(10-4-1)29-25-13-7-8-14-26(25)30(35-34-29)32-22-15-16-28-27(17-22)31-20-37(28)18-23-19-38(36-33-23)24-11-5-2-6-12-24;/h1-17,19-20H,18H2,(H,32,35);1H. The van der Waals surface area contributed by atoms with E-state index >= 15 is 0 Å². The molecule has 4 aromatic carbocycles. The van der Waals surface area contributed by atoms with Gasteiger partial charge in [-0.2, -0.15) is 0 Å². The molecule has 0 bridgehead atoms. The summed E-state index contributed by atoms with van der Waals surface area (Å²) in [7, 11) is 0. The summed E-state index contributed by atoms with van der Waals surface area (Å²) >= 11 is 0. The molecule has 0 aliphatic heterocycles. The predicted molar refractivity (Wildman–Crippen MR) is 156 cm³/mol. The molecule has 0 spiro atoms. The topological polar surface area (TPSA) is 86.3 Å². The first-order valence-corrected chi connectivity index (χ1v) is 12.3. The number of rotatable bonds is 6. The average Bonchev–Trinajstić information content (AvgIpc) is 3.61. The number of benzene rings is 4. The van der Waals surface area contributed by atoms with Crippen molar-refractivity contribution in [1.82, 2.24) is 34.7 Å². The van der Waals surface area contributed by atoms with Crippen molar-refractivity contribution in [2.45, 2.75) is 6.54 Å². The molecule has 1 N–H and O–H groups in total. The maximum absolute atomic E-state index is 4.63. The Morgan fingerprint density at radius 2 is 1.46 bits per heavy atom. The van der Waals surface area contributed by atoms with Gasteiger partial charge >= 0.3 is 0 Å². The van der Waals surface area contributed by atoms with E-state index < -0.39 is 0 Å². The van der Waals surface area contributed by atoms with E-state index in [1.165, 1.54) is 0 Å². The fraction of sp³-hybridized carbons (Fsp3) is 0.0333. The van der Waals surface area contributed by atoms with Crippen LogP contribution in [0.2, 0.25) is 0 Å². The molecule has 0 aliphatic rings. The molecule has 7 rings (SSSR count). The van der Waals surface area contributed by atoms with Gasteiger partial charge in [0.25, 0.3) is 0 Å². The molecule has 0 atom stereocenters. The molecule has 0 radical (unpaired) electrons. The van der Waals surface area contributed by atoms with Crippen LogP contribution < -0.4 is 5.32 Å². The summed E-state index contributed by atoms with van der Waals surface area (Å²) in [4.78, 5) is 4.63. The summed E-state index contributed by atoms with van der Waals surface area (Å²) in [5, 5.41) is 23.2. The van der Waals surface area contributed by atoms with Crippen LogP contribution in [0.5, 0.6) is 0 Å². The number of hydrogen-bond donors (Lipinski definition) is 1. The lowest BCUT2D eigenvalue weighted by molar-refractivity contribution is 0.770. The second kappa shape index (κ2) is 10.4. The van der Waals surface area contributed by atoms with Crippen molar-refractivity contribution in [3.05, 3.63) is 121 Å². The normalized spacial score (nSPS) is 11.0. The minimum Gasteiger partial charge on any atom is -0.338 e. The molecule has 9 heteroatoms. The second-order valence-corrected chi connectivity index (χ2v) is 9.00. The van der Waals surface area contributed by atoms with Crippen molar-refractivity contribution in [3.63, 3.8) is 0 Å². The van der Waals surface area contributed by atoms with E-state index in [-0.39, 0.29) is 12.4 Å². The lowest BCUT2D eigenvalue weighted by atomic mass is 10.0. The van der Waals surface area contributed by atoms with E-state index in [0.717, 1.165) is 50.1 Å². The van der Waals surface area contributed by atoms with Crippen molar-refractivity contribution in [3.8, 4) is 16.9 Å². The van der Waals surface area contributed by atoms with Gasteiger partial charge in [0.05, 0.1) is 35.8 Å². The number of anilines is 2. The van der Waals surface area contributed by atoms with Gasteiger partial charge in [0, 0.05) is 22.0 Å². The van der Waals surface area contributed by atoms with Crippen LogP contribution in [-0.4, -0.2) is 34.7 Å². The molecule has 0 aliphatic carbocycles. The average molecular weight is 531 g/mol. The van der Waals surface area contributed by atoms with Gasteiger partial charge in [-0.15, -0.1) is 27.7 Å². The molecule has 3 aromatic heterocycles. The molecule has 8 nitrogen and oxygen atoms in total. The molecule has 0 unspecified atom stereocenters. The molecule has 0 saturated carbocycles. The summed E-state index contributed by atoms with van der Waals surface area (Å²) in [6.07, 6.45) is 3.78. The quantitative estimate of drug-likeness (QED) is 0.266. The summed E-state index contributed by atoms with van der Waals surface area (Å²) in [5.41, 5.74) is 6.53. The minimum atomic E-state index is 0. The van der Waals surface area contributed by atoms with Gasteiger partial charge in [0.2, 0.25) is 0 Å². The Morgan fingerprint density at radius 3 is 2.28 bits per heavy atom. The molecule has 0 amide bonds. The first-order valence-electron chi connectivity index (χ1n) is 12.3. The van der Waals surface area contributed by atoms with Gasteiger partial charge in [0.1, 0.15) is 11.4 Å². The zero-order valence-corrected chi connectivity index (χ0v) is 21.5. The molecule has 3 heterocycles. The zero-order chi connectivity index (χ0) is 25.3. The molecular weight excluding hydrogens is 508 g/mol. The van der Waals surface area contributed by atoms with Crippen molar-refractivity contribution >= 4 is 45.7 Å². The van der Waals surface area contributed by atoms with Crippen LogP contribution >= 0.6 is 12.4 Å². The number of imidazole rings is 1. The second-order valence-electron chi connectivity index (χ2n) is 9.00. The number of para-hydroxylation sites is 1. The zero-order valence-electron chi connectivity index (χ0n) is 20.7. The number of fused-ring (bicyclic) bond motifs is 2. The number of nitrogens with zero attached hydrogens (tertiary/aromatic N) is 7. The maximum Gasteiger partial charge on any atom is 0.161 e. The van der Waals surface area contributed by atoms with E-state index in [1.807, 2.05) is 85.3 Å². The van der Waals surface area contributed by atoms with Crippen molar-refractivity contribution < 1.29 is 0 Å². The van der Waals surface area contributed by atoms with Gasteiger partial charge in [-0.3, -0.25) is 0 Å². The Kier molecular flexibility index (Phi) is 6.44. The molecule has 0 saturated heterocycles. The summed E-state index contributed by atoms with van der Waals surface area (Å²) in [5.74, 6) is 0.705. The predicted octanol–water partition coefficient (Wildman–Crippen LogP) is 6.44.